The second-order valence-electron chi connectivity index (χ2n) is 7.83. The van der Waals surface area contributed by atoms with Crippen molar-refractivity contribution < 1.29 is 9.59 Å². The summed E-state index contributed by atoms with van der Waals surface area (Å²) in [7, 11) is 1.94. The van der Waals surface area contributed by atoms with Crippen LogP contribution in [0.4, 0.5) is 0 Å². The summed E-state index contributed by atoms with van der Waals surface area (Å²) in [6.07, 6.45) is 6.86. The number of imide groups is 1. The number of hydrogen-bond acceptors (Lipinski definition) is 4. The van der Waals surface area contributed by atoms with E-state index in [-0.39, 0.29) is 11.8 Å². The third-order valence-corrected chi connectivity index (χ3v) is 6.74. The van der Waals surface area contributed by atoms with E-state index < -0.39 is 0 Å². The van der Waals surface area contributed by atoms with Gasteiger partial charge in [-0.1, -0.05) is 30.3 Å². The maximum absolute atomic E-state index is 13.1. The van der Waals surface area contributed by atoms with Gasteiger partial charge in [-0.3, -0.25) is 14.9 Å². The molecule has 0 saturated carbocycles. The number of aromatic amines is 1. The van der Waals surface area contributed by atoms with Crippen molar-refractivity contribution in [3.05, 3.63) is 66.0 Å². The number of carbonyl (C=O) groups excluding carboxylic acids is 2. The molecule has 4 aromatic rings. The van der Waals surface area contributed by atoms with Crippen molar-refractivity contribution in [2.45, 2.75) is 17.9 Å². The van der Waals surface area contributed by atoms with E-state index in [0.29, 0.717) is 11.1 Å². The summed E-state index contributed by atoms with van der Waals surface area (Å²) in [6, 6.07) is 14.0. The van der Waals surface area contributed by atoms with Crippen LogP contribution in [0.5, 0.6) is 0 Å². The molecule has 0 radical (unpaired) electrons. The normalized spacial score (nSPS) is 14.2. The first kappa shape index (κ1) is 20.6. The average molecular weight is 445 g/mol. The summed E-state index contributed by atoms with van der Waals surface area (Å²) in [6.45, 7) is 1.72. The molecule has 2 amide bonds. The van der Waals surface area contributed by atoms with Crippen LogP contribution in [-0.4, -0.2) is 41.2 Å². The number of para-hydroxylation sites is 2. The number of benzene rings is 2. The van der Waals surface area contributed by atoms with Crippen molar-refractivity contribution in [2.24, 2.45) is 0 Å². The Morgan fingerprint density at radius 3 is 2.50 bits per heavy atom. The smallest absolute Gasteiger partial charge is 0.259 e. The van der Waals surface area contributed by atoms with Crippen LogP contribution in [0.1, 0.15) is 17.5 Å². The Bertz CT molecular complexity index is 1400. The van der Waals surface area contributed by atoms with Gasteiger partial charge in [-0.2, -0.15) is 0 Å². The summed E-state index contributed by atoms with van der Waals surface area (Å²) in [5, 5.41) is 7.63. The summed E-state index contributed by atoms with van der Waals surface area (Å²) >= 11 is 1.68. The molecule has 2 aromatic carbocycles. The van der Waals surface area contributed by atoms with Crippen LogP contribution in [0.3, 0.4) is 0 Å². The van der Waals surface area contributed by atoms with Gasteiger partial charge in [0.2, 0.25) is 0 Å². The van der Waals surface area contributed by atoms with E-state index in [4.69, 9.17) is 0 Å². The van der Waals surface area contributed by atoms with Gasteiger partial charge in [0.15, 0.2) is 0 Å². The summed E-state index contributed by atoms with van der Waals surface area (Å²) in [4.78, 5) is 30.4. The van der Waals surface area contributed by atoms with Crippen LogP contribution in [0.15, 0.2) is 59.8 Å². The fourth-order valence-corrected chi connectivity index (χ4v) is 5.18. The second-order valence-corrected chi connectivity index (χ2v) is 8.68. The molecule has 3 N–H and O–H groups in total. The lowest BCUT2D eigenvalue weighted by molar-refractivity contribution is -0.122. The van der Waals surface area contributed by atoms with Gasteiger partial charge >= 0.3 is 0 Å². The van der Waals surface area contributed by atoms with Crippen molar-refractivity contribution in [1.82, 2.24) is 20.2 Å². The average Bonchev–Trinajstić information content (AvgIpc) is 3.46. The third-order valence-electron chi connectivity index (χ3n) is 5.97. The Morgan fingerprint density at radius 1 is 0.969 bits per heavy atom. The molecule has 1 aliphatic heterocycles. The van der Waals surface area contributed by atoms with E-state index in [1.165, 1.54) is 0 Å². The molecule has 6 nitrogen and oxygen atoms in total. The molecule has 0 bridgehead atoms. The van der Waals surface area contributed by atoms with Crippen LogP contribution in [0, 0.1) is 0 Å². The number of aryl methyl sites for hydroxylation is 1. The van der Waals surface area contributed by atoms with Gasteiger partial charge in [-0.15, -0.1) is 11.8 Å². The number of fused-ring (bicyclic) bond motifs is 2. The lowest BCUT2D eigenvalue weighted by Crippen LogP contribution is -2.22. The Morgan fingerprint density at radius 2 is 1.72 bits per heavy atom. The third kappa shape index (κ3) is 3.25. The number of rotatable bonds is 7. The predicted octanol–water partition coefficient (Wildman–Crippen LogP) is 4.02. The number of nitrogens with one attached hydrogen (secondary N) is 3. The summed E-state index contributed by atoms with van der Waals surface area (Å²) < 4.78 is 2.21. The molecule has 7 heteroatoms. The topological polar surface area (TPSA) is 78.9 Å². The second kappa shape index (κ2) is 8.33. The van der Waals surface area contributed by atoms with Crippen LogP contribution >= 0.6 is 11.8 Å². The molecule has 32 heavy (non-hydrogen) atoms. The van der Waals surface area contributed by atoms with Gasteiger partial charge < -0.3 is 14.9 Å². The summed E-state index contributed by atoms with van der Waals surface area (Å²) in [5.41, 5.74) is 4.44. The van der Waals surface area contributed by atoms with Gasteiger partial charge in [-0.25, -0.2) is 0 Å². The summed E-state index contributed by atoms with van der Waals surface area (Å²) in [5.74, 6) is -0.703. The highest BCUT2D eigenvalue weighted by atomic mass is 32.2. The molecule has 3 heterocycles. The Kier molecular flexibility index (Phi) is 5.36. The van der Waals surface area contributed by atoms with E-state index in [1.54, 1.807) is 11.8 Å². The molecule has 0 unspecified atom stereocenters. The zero-order valence-electron chi connectivity index (χ0n) is 18.0. The molecule has 5 rings (SSSR count). The van der Waals surface area contributed by atoms with Crippen LogP contribution in [0.2, 0.25) is 0 Å². The van der Waals surface area contributed by atoms with Gasteiger partial charge in [0, 0.05) is 51.2 Å². The number of H-pyrrole nitrogens is 1. The zero-order chi connectivity index (χ0) is 22.2. The first-order chi connectivity index (χ1) is 15.6. The number of hydrogen-bond donors (Lipinski definition) is 3. The van der Waals surface area contributed by atoms with Gasteiger partial charge in [0.05, 0.1) is 16.7 Å². The Hall–Kier alpha value is -3.29. The van der Waals surface area contributed by atoms with E-state index in [9.17, 15) is 9.59 Å². The molecule has 0 atom stereocenters. The fraction of sp³-hybridized carbons (Fsp3) is 0.200. The van der Waals surface area contributed by atoms with Gasteiger partial charge in [0.1, 0.15) is 0 Å². The molecular formula is C25H24N4O2S. The van der Waals surface area contributed by atoms with E-state index in [1.807, 2.05) is 55.8 Å². The van der Waals surface area contributed by atoms with Crippen molar-refractivity contribution in [3.63, 3.8) is 0 Å². The minimum atomic E-state index is -0.355. The van der Waals surface area contributed by atoms with E-state index in [2.05, 4.69) is 32.5 Å². The lowest BCUT2D eigenvalue weighted by atomic mass is 9.95. The van der Waals surface area contributed by atoms with Crippen molar-refractivity contribution in [3.8, 4) is 0 Å². The first-order valence-electron chi connectivity index (χ1n) is 10.6. The van der Waals surface area contributed by atoms with Crippen LogP contribution < -0.4 is 10.6 Å². The van der Waals surface area contributed by atoms with E-state index >= 15 is 0 Å². The minimum absolute atomic E-state index is 0.348. The van der Waals surface area contributed by atoms with Crippen LogP contribution in [-0.2, 0) is 16.1 Å². The standard InChI is InChI=1S/C25H24N4O2S/c1-26-11-6-12-29-14-18(16-8-5-10-20(32-2)23(16)29)22-21(24(30)28-25(22)31)17-13-27-19-9-4-3-7-15(17)19/h3-5,7-10,13-14,26-27H,6,11-12H2,1-2H3,(H,28,30,31). The highest BCUT2D eigenvalue weighted by Crippen LogP contribution is 2.40. The Labute approximate surface area is 190 Å². The molecule has 162 valence electrons. The monoisotopic (exact) mass is 444 g/mol. The quantitative estimate of drug-likeness (QED) is 0.229. The first-order valence-corrected chi connectivity index (χ1v) is 11.8. The van der Waals surface area contributed by atoms with Gasteiger partial charge in [-0.05, 0) is 38.4 Å². The largest absolute Gasteiger partial charge is 0.361 e. The number of nitrogens with zero attached hydrogens (tertiary/aromatic N) is 1. The number of amides is 2. The van der Waals surface area contributed by atoms with Crippen molar-refractivity contribution >= 4 is 56.5 Å². The van der Waals surface area contributed by atoms with Crippen molar-refractivity contribution in [2.75, 3.05) is 19.8 Å². The zero-order valence-corrected chi connectivity index (χ0v) is 18.8. The fourth-order valence-electron chi connectivity index (χ4n) is 4.54. The van der Waals surface area contributed by atoms with Crippen molar-refractivity contribution in [1.29, 1.82) is 0 Å². The molecule has 2 aromatic heterocycles. The molecule has 1 aliphatic rings. The maximum atomic E-state index is 13.1. The highest BCUT2D eigenvalue weighted by molar-refractivity contribution is 7.98. The minimum Gasteiger partial charge on any atom is -0.361 e. The highest BCUT2D eigenvalue weighted by Gasteiger charge is 2.35. The molecule has 0 spiro atoms. The Balaban J connectivity index is 1.77. The molecule has 0 fully saturated rings. The number of carbonyl (C=O) groups is 2. The van der Waals surface area contributed by atoms with Gasteiger partial charge in [0.25, 0.3) is 11.8 Å². The lowest BCUT2D eigenvalue weighted by Gasteiger charge is -2.08. The molecular weight excluding hydrogens is 420 g/mol. The predicted molar refractivity (Wildman–Crippen MR) is 131 cm³/mol. The van der Waals surface area contributed by atoms with Crippen LogP contribution in [0.25, 0.3) is 33.0 Å². The molecule has 0 saturated heterocycles. The number of thioether (sulfide) groups is 1. The number of aromatic nitrogens is 2. The SMILES string of the molecule is CNCCCn1cc(C2=C(c3c[nH]c4ccccc34)C(=O)NC2=O)c2cccc(SC)c21. The molecule has 0 aliphatic carbocycles. The maximum Gasteiger partial charge on any atom is 0.259 e. The van der Waals surface area contributed by atoms with E-state index in [0.717, 1.165) is 57.3 Å².